The Morgan fingerprint density at radius 2 is 1.62 bits per heavy atom. The van der Waals surface area contributed by atoms with Crippen molar-refractivity contribution in [1.29, 1.82) is 0 Å². The van der Waals surface area contributed by atoms with Gasteiger partial charge < -0.3 is 14.6 Å². The molecule has 0 saturated carbocycles. The second-order valence-corrected chi connectivity index (χ2v) is 9.66. The SMILES string of the molecule is CS(=O)(=O)N(CC(=O)COc1ccc(-c2cc(Cl)c(OCCCCl)c(Cl)c2)cc1)C(=O)O. The number of alkyl halides is 1. The highest BCUT2D eigenvalue weighted by molar-refractivity contribution is 7.88. The number of hydrogen-bond acceptors (Lipinski definition) is 6. The van der Waals surface area contributed by atoms with Gasteiger partial charge in [0.15, 0.2) is 11.5 Å². The monoisotopic (exact) mass is 523 g/mol. The summed E-state index contributed by atoms with van der Waals surface area (Å²) in [5.41, 5.74) is 1.51. The minimum atomic E-state index is -4.07. The number of ketones is 1. The van der Waals surface area contributed by atoms with Gasteiger partial charge in [-0.1, -0.05) is 35.3 Å². The lowest BCUT2D eigenvalue weighted by Crippen LogP contribution is -2.40. The first-order valence-electron chi connectivity index (χ1n) is 9.16. The van der Waals surface area contributed by atoms with Crippen molar-refractivity contribution in [2.24, 2.45) is 0 Å². The van der Waals surface area contributed by atoms with Crippen LogP contribution in [-0.2, 0) is 14.8 Å². The number of amides is 1. The third kappa shape index (κ3) is 7.44. The number of carboxylic acid groups (broad SMARTS) is 1. The largest absolute Gasteiger partial charge is 0.490 e. The van der Waals surface area contributed by atoms with Crippen molar-refractivity contribution in [2.45, 2.75) is 6.42 Å². The molecule has 0 aromatic heterocycles. The fourth-order valence-electron chi connectivity index (χ4n) is 2.53. The molecule has 0 aliphatic rings. The van der Waals surface area contributed by atoms with Gasteiger partial charge in [0.25, 0.3) is 0 Å². The molecule has 0 unspecified atom stereocenters. The van der Waals surface area contributed by atoms with Crippen molar-refractivity contribution in [3.05, 3.63) is 46.4 Å². The first-order chi connectivity index (χ1) is 15.0. The molecule has 8 nitrogen and oxygen atoms in total. The van der Waals surface area contributed by atoms with Gasteiger partial charge in [0.05, 0.1) is 22.9 Å². The summed E-state index contributed by atoms with van der Waals surface area (Å²) in [6.45, 7) is -0.936. The lowest BCUT2D eigenvalue weighted by molar-refractivity contribution is -0.121. The van der Waals surface area contributed by atoms with Crippen LogP contribution in [0.25, 0.3) is 11.1 Å². The Morgan fingerprint density at radius 1 is 1.03 bits per heavy atom. The van der Waals surface area contributed by atoms with Crippen LogP contribution in [0.1, 0.15) is 6.42 Å². The van der Waals surface area contributed by atoms with E-state index in [1.807, 2.05) is 0 Å². The zero-order valence-electron chi connectivity index (χ0n) is 16.9. The summed E-state index contributed by atoms with van der Waals surface area (Å²) >= 11 is 18.2. The van der Waals surface area contributed by atoms with Crippen LogP contribution < -0.4 is 9.47 Å². The van der Waals surface area contributed by atoms with Crippen molar-refractivity contribution >= 4 is 56.7 Å². The Morgan fingerprint density at radius 3 is 2.12 bits per heavy atom. The van der Waals surface area contributed by atoms with Gasteiger partial charge in [0.2, 0.25) is 10.0 Å². The average molecular weight is 525 g/mol. The van der Waals surface area contributed by atoms with Crippen LogP contribution in [0.15, 0.2) is 36.4 Å². The molecule has 0 atom stereocenters. The summed E-state index contributed by atoms with van der Waals surface area (Å²) in [6.07, 6.45) is -0.383. The molecule has 0 saturated heterocycles. The van der Waals surface area contributed by atoms with Gasteiger partial charge in [-0.25, -0.2) is 13.2 Å². The standard InChI is InChI=1S/C20H20Cl3NO7S/c1-32(28,29)24(20(26)27)11-15(25)12-31-16-5-3-13(4-6-16)14-9-17(22)19(18(23)10-14)30-8-2-7-21/h3-6,9-10H,2,7-8,11-12H2,1H3,(H,26,27). The van der Waals surface area contributed by atoms with E-state index in [9.17, 15) is 18.0 Å². The van der Waals surface area contributed by atoms with Crippen molar-refractivity contribution < 1.29 is 32.6 Å². The van der Waals surface area contributed by atoms with Crippen molar-refractivity contribution in [3.8, 4) is 22.6 Å². The molecule has 0 aliphatic carbocycles. The number of Topliss-reactive ketones (excluding diaryl/α,β-unsaturated/α-hetero) is 1. The molecule has 0 aliphatic heterocycles. The lowest BCUT2D eigenvalue weighted by atomic mass is 10.1. The van der Waals surface area contributed by atoms with Gasteiger partial charge in [0, 0.05) is 5.88 Å². The Kier molecular flexibility index (Phi) is 9.45. The zero-order chi connectivity index (χ0) is 23.9. The van der Waals surface area contributed by atoms with Crippen LogP contribution in [0.3, 0.4) is 0 Å². The smallest absolute Gasteiger partial charge is 0.421 e. The van der Waals surface area contributed by atoms with Gasteiger partial charge >= 0.3 is 6.09 Å². The molecule has 2 rings (SSSR count). The highest BCUT2D eigenvalue weighted by Crippen LogP contribution is 2.38. The second-order valence-electron chi connectivity index (χ2n) is 6.56. The van der Waals surface area contributed by atoms with Gasteiger partial charge in [0.1, 0.15) is 18.9 Å². The van der Waals surface area contributed by atoms with E-state index in [-0.39, 0.29) is 4.31 Å². The molecule has 32 heavy (non-hydrogen) atoms. The molecule has 1 amide bonds. The molecule has 0 bridgehead atoms. The molecular weight excluding hydrogens is 505 g/mol. The van der Waals surface area contributed by atoms with E-state index in [0.29, 0.717) is 46.7 Å². The Balaban J connectivity index is 2.03. The van der Waals surface area contributed by atoms with Crippen LogP contribution in [-0.4, -0.2) is 61.6 Å². The first-order valence-corrected chi connectivity index (χ1v) is 12.3. The number of ether oxygens (including phenoxy) is 2. The van der Waals surface area contributed by atoms with E-state index >= 15 is 0 Å². The maximum atomic E-state index is 11.9. The summed E-state index contributed by atoms with van der Waals surface area (Å²) in [7, 11) is -4.07. The normalized spacial score (nSPS) is 11.1. The number of carbonyl (C=O) groups is 2. The molecule has 174 valence electrons. The lowest BCUT2D eigenvalue weighted by Gasteiger charge is -2.15. The average Bonchev–Trinajstić information content (AvgIpc) is 2.71. The quantitative estimate of drug-likeness (QED) is 0.339. The van der Waals surface area contributed by atoms with Gasteiger partial charge in [-0.05, 0) is 41.8 Å². The zero-order valence-corrected chi connectivity index (χ0v) is 20.0. The summed E-state index contributed by atoms with van der Waals surface area (Å²) in [5, 5.41) is 9.61. The summed E-state index contributed by atoms with van der Waals surface area (Å²) in [4.78, 5) is 22.9. The number of nitrogens with zero attached hydrogens (tertiary/aromatic N) is 1. The Hall–Kier alpha value is -2.20. The van der Waals surface area contributed by atoms with Crippen LogP contribution in [0.4, 0.5) is 4.79 Å². The number of rotatable bonds is 11. The van der Waals surface area contributed by atoms with Crippen molar-refractivity contribution in [1.82, 2.24) is 4.31 Å². The van der Waals surface area contributed by atoms with Crippen LogP contribution >= 0.6 is 34.8 Å². The summed E-state index contributed by atoms with van der Waals surface area (Å²) in [5.74, 6) is 0.458. The molecule has 2 aromatic rings. The predicted molar refractivity (Wildman–Crippen MR) is 123 cm³/mol. The number of carbonyl (C=O) groups excluding carboxylic acids is 1. The van der Waals surface area contributed by atoms with Gasteiger partial charge in [-0.15, -0.1) is 11.6 Å². The fraction of sp³-hybridized carbons (Fsp3) is 0.300. The van der Waals surface area contributed by atoms with Gasteiger partial charge in [-0.2, -0.15) is 4.31 Å². The molecule has 0 spiro atoms. The van der Waals surface area contributed by atoms with E-state index in [4.69, 9.17) is 49.4 Å². The molecule has 1 N–H and O–H groups in total. The summed E-state index contributed by atoms with van der Waals surface area (Å²) in [6, 6.07) is 10.0. The van der Waals surface area contributed by atoms with E-state index in [0.717, 1.165) is 11.1 Å². The molecule has 2 aromatic carbocycles. The van der Waals surface area contributed by atoms with Crippen molar-refractivity contribution in [2.75, 3.05) is 31.9 Å². The molecule has 12 heteroatoms. The third-order valence-corrected chi connectivity index (χ3v) is 5.96. The number of halogens is 3. The summed E-state index contributed by atoms with van der Waals surface area (Å²) < 4.78 is 33.8. The maximum absolute atomic E-state index is 11.9. The van der Waals surface area contributed by atoms with Crippen LogP contribution in [0.5, 0.6) is 11.5 Å². The maximum Gasteiger partial charge on any atom is 0.421 e. The molecular formula is C20H20Cl3NO7S. The highest BCUT2D eigenvalue weighted by Gasteiger charge is 2.25. The van der Waals surface area contributed by atoms with Gasteiger partial charge in [-0.3, -0.25) is 4.79 Å². The predicted octanol–water partition coefficient (Wildman–Crippen LogP) is 4.56. The molecule has 0 heterocycles. The Labute approximate surface area is 200 Å². The minimum absolute atomic E-state index is 0.0539. The Bertz CT molecular complexity index is 1050. The second kappa shape index (κ2) is 11.6. The third-order valence-electron chi connectivity index (χ3n) is 4.04. The van der Waals surface area contributed by atoms with E-state index < -0.39 is 35.1 Å². The van der Waals surface area contributed by atoms with Crippen LogP contribution in [0, 0.1) is 0 Å². The first kappa shape index (κ1) is 26.1. The molecule has 0 fully saturated rings. The molecule has 0 radical (unpaired) electrons. The number of hydrogen-bond donors (Lipinski definition) is 1. The number of sulfonamides is 1. The van der Waals surface area contributed by atoms with Crippen molar-refractivity contribution in [3.63, 3.8) is 0 Å². The van der Waals surface area contributed by atoms with E-state index in [1.54, 1.807) is 36.4 Å². The topological polar surface area (TPSA) is 110 Å². The van der Waals surface area contributed by atoms with E-state index in [2.05, 4.69) is 0 Å². The van der Waals surface area contributed by atoms with Crippen LogP contribution in [0.2, 0.25) is 10.0 Å². The highest BCUT2D eigenvalue weighted by atomic mass is 35.5. The minimum Gasteiger partial charge on any atom is -0.490 e. The van der Waals surface area contributed by atoms with E-state index in [1.165, 1.54) is 0 Å². The number of benzene rings is 2. The fourth-order valence-corrected chi connectivity index (χ4v) is 3.90.